The zero-order valence-corrected chi connectivity index (χ0v) is 27.6. The molecule has 42 heavy (non-hydrogen) atoms. The van der Waals surface area contributed by atoms with E-state index in [4.69, 9.17) is 9.47 Å². The molecule has 0 aromatic heterocycles. The van der Waals surface area contributed by atoms with Crippen molar-refractivity contribution >= 4 is 11.9 Å². The Kier molecular flexibility index (Phi) is 32.5. The summed E-state index contributed by atoms with van der Waals surface area (Å²) in [6.45, 7) is 7.90. The Morgan fingerprint density at radius 2 is 0.929 bits per heavy atom. The SMILES string of the molecule is CCCCCCCC/C=C\COC(=O)CCCCCN(CCO)CCCCCC(=O)OC/C=C\CCCCCCCC. The van der Waals surface area contributed by atoms with Gasteiger partial charge in [-0.05, 0) is 64.5 Å². The maximum atomic E-state index is 11.9. The van der Waals surface area contributed by atoms with Crippen LogP contribution in [0, 0.1) is 0 Å². The normalized spacial score (nSPS) is 11.7. The molecule has 0 saturated heterocycles. The molecule has 0 amide bonds. The van der Waals surface area contributed by atoms with Crippen LogP contribution >= 0.6 is 0 Å². The summed E-state index contributed by atoms with van der Waals surface area (Å²) in [5, 5.41) is 9.40. The standard InChI is InChI=1S/C36H67NO5/c1-3-5-7-9-11-13-15-17-25-33-41-35(39)27-21-19-23-29-37(31-32-38)30-24-20-22-28-36(40)42-34-26-18-16-14-12-10-8-6-4-2/h17-18,25-26,38H,3-16,19-24,27-34H2,1-2H3/b25-17-,26-18-. The number of allylic oxidation sites excluding steroid dienone is 2. The lowest BCUT2D eigenvalue weighted by molar-refractivity contribution is -0.143. The lowest BCUT2D eigenvalue weighted by Gasteiger charge is -2.21. The van der Waals surface area contributed by atoms with Crippen molar-refractivity contribution in [1.29, 1.82) is 0 Å². The third-order valence-corrected chi connectivity index (χ3v) is 7.59. The Hall–Kier alpha value is -1.66. The van der Waals surface area contributed by atoms with E-state index in [9.17, 15) is 14.7 Å². The lowest BCUT2D eigenvalue weighted by Crippen LogP contribution is -2.29. The van der Waals surface area contributed by atoms with Gasteiger partial charge in [0.25, 0.3) is 0 Å². The van der Waals surface area contributed by atoms with Gasteiger partial charge in [-0.3, -0.25) is 9.59 Å². The third-order valence-electron chi connectivity index (χ3n) is 7.59. The molecule has 0 atom stereocenters. The second kappa shape index (κ2) is 33.8. The number of esters is 2. The van der Waals surface area contributed by atoms with Crippen LogP contribution in [0.4, 0.5) is 0 Å². The highest BCUT2D eigenvalue weighted by atomic mass is 16.5. The first-order valence-corrected chi connectivity index (χ1v) is 17.6. The minimum absolute atomic E-state index is 0.117. The molecular formula is C36H67NO5. The smallest absolute Gasteiger partial charge is 0.306 e. The van der Waals surface area contributed by atoms with Gasteiger partial charge in [0.2, 0.25) is 0 Å². The van der Waals surface area contributed by atoms with Crippen LogP contribution in [0.1, 0.15) is 155 Å². The summed E-state index contributed by atoms with van der Waals surface area (Å²) >= 11 is 0. The van der Waals surface area contributed by atoms with Crippen LogP contribution in [0.3, 0.4) is 0 Å². The van der Waals surface area contributed by atoms with Crippen LogP contribution in [0.25, 0.3) is 0 Å². The predicted molar refractivity (Wildman–Crippen MR) is 177 cm³/mol. The molecule has 246 valence electrons. The quantitative estimate of drug-likeness (QED) is 0.0476. The summed E-state index contributed by atoms with van der Waals surface area (Å²) < 4.78 is 10.6. The molecule has 0 heterocycles. The number of ether oxygens (including phenoxy) is 2. The fourth-order valence-electron chi connectivity index (χ4n) is 4.92. The van der Waals surface area contributed by atoms with E-state index in [2.05, 4.69) is 30.9 Å². The summed E-state index contributed by atoms with van der Waals surface area (Å²) in [5.41, 5.74) is 0. The summed E-state index contributed by atoms with van der Waals surface area (Å²) in [4.78, 5) is 26.2. The van der Waals surface area contributed by atoms with E-state index in [1.807, 2.05) is 12.2 Å². The molecule has 0 radical (unpaired) electrons. The van der Waals surface area contributed by atoms with Gasteiger partial charge in [-0.15, -0.1) is 0 Å². The maximum Gasteiger partial charge on any atom is 0.306 e. The Morgan fingerprint density at radius 1 is 0.524 bits per heavy atom. The molecule has 0 unspecified atom stereocenters. The Balaban J connectivity index is 3.67. The van der Waals surface area contributed by atoms with E-state index in [-0.39, 0.29) is 18.5 Å². The number of aliphatic hydroxyl groups excluding tert-OH is 1. The predicted octanol–water partition coefficient (Wildman–Crippen LogP) is 9.10. The topological polar surface area (TPSA) is 76.1 Å². The molecule has 0 spiro atoms. The minimum Gasteiger partial charge on any atom is -0.461 e. The molecule has 1 N–H and O–H groups in total. The molecule has 0 aromatic rings. The maximum absolute atomic E-state index is 11.9. The van der Waals surface area contributed by atoms with Crippen molar-refractivity contribution in [2.75, 3.05) is 39.5 Å². The van der Waals surface area contributed by atoms with Gasteiger partial charge >= 0.3 is 11.9 Å². The number of nitrogens with zero attached hydrogens (tertiary/aromatic N) is 1. The lowest BCUT2D eigenvalue weighted by atomic mass is 10.1. The molecule has 0 aliphatic rings. The zero-order chi connectivity index (χ0) is 30.8. The van der Waals surface area contributed by atoms with Gasteiger partial charge in [-0.1, -0.05) is 115 Å². The Labute approximate surface area is 259 Å². The van der Waals surface area contributed by atoms with Gasteiger partial charge in [0.1, 0.15) is 13.2 Å². The van der Waals surface area contributed by atoms with Gasteiger partial charge in [-0.25, -0.2) is 0 Å². The molecule has 6 heteroatoms. The van der Waals surface area contributed by atoms with Crippen molar-refractivity contribution in [3.63, 3.8) is 0 Å². The zero-order valence-electron chi connectivity index (χ0n) is 27.6. The molecule has 0 rings (SSSR count). The fraction of sp³-hybridized carbons (Fsp3) is 0.833. The highest BCUT2D eigenvalue weighted by Crippen LogP contribution is 2.09. The van der Waals surface area contributed by atoms with Crippen LogP contribution in [0.2, 0.25) is 0 Å². The average molecular weight is 594 g/mol. The van der Waals surface area contributed by atoms with E-state index >= 15 is 0 Å². The number of hydrogen-bond donors (Lipinski definition) is 1. The van der Waals surface area contributed by atoms with E-state index in [0.29, 0.717) is 32.6 Å². The first-order valence-electron chi connectivity index (χ1n) is 17.6. The highest BCUT2D eigenvalue weighted by molar-refractivity contribution is 5.69. The fourth-order valence-corrected chi connectivity index (χ4v) is 4.92. The number of unbranched alkanes of at least 4 members (excludes halogenated alkanes) is 16. The van der Waals surface area contributed by atoms with Gasteiger partial charge in [0, 0.05) is 19.4 Å². The van der Waals surface area contributed by atoms with Gasteiger partial charge < -0.3 is 19.5 Å². The van der Waals surface area contributed by atoms with E-state index < -0.39 is 0 Å². The van der Waals surface area contributed by atoms with Crippen LogP contribution in [0.15, 0.2) is 24.3 Å². The molecule has 0 aliphatic carbocycles. The third kappa shape index (κ3) is 31.3. The van der Waals surface area contributed by atoms with E-state index in [0.717, 1.165) is 64.5 Å². The first-order chi connectivity index (χ1) is 20.6. The Bertz CT molecular complexity index is 597. The molecular weight excluding hydrogens is 526 g/mol. The first kappa shape index (κ1) is 40.3. The van der Waals surface area contributed by atoms with Crippen molar-refractivity contribution < 1.29 is 24.2 Å². The molecule has 6 nitrogen and oxygen atoms in total. The van der Waals surface area contributed by atoms with Crippen molar-refractivity contribution in [1.82, 2.24) is 4.90 Å². The van der Waals surface area contributed by atoms with Crippen molar-refractivity contribution in [3.8, 4) is 0 Å². The summed E-state index contributed by atoms with van der Waals surface area (Å²) in [6, 6.07) is 0. The summed E-state index contributed by atoms with van der Waals surface area (Å²) in [5.74, 6) is -0.233. The highest BCUT2D eigenvalue weighted by Gasteiger charge is 2.07. The number of rotatable bonds is 32. The number of aliphatic hydroxyl groups is 1. The second-order valence-electron chi connectivity index (χ2n) is 11.6. The Morgan fingerprint density at radius 3 is 1.36 bits per heavy atom. The molecule has 0 fully saturated rings. The molecule has 0 bridgehead atoms. The van der Waals surface area contributed by atoms with E-state index in [1.54, 1.807) is 0 Å². The van der Waals surface area contributed by atoms with Gasteiger partial charge in [0.05, 0.1) is 6.61 Å². The number of hydrogen-bond acceptors (Lipinski definition) is 6. The molecule has 0 saturated carbocycles. The summed E-state index contributed by atoms with van der Waals surface area (Å²) in [7, 11) is 0. The molecule has 0 aliphatic heterocycles. The minimum atomic E-state index is -0.117. The van der Waals surface area contributed by atoms with Crippen LogP contribution in [-0.2, 0) is 19.1 Å². The second-order valence-corrected chi connectivity index (χ2v) is 11.6. The number of carbonyl (C=O) groups excluding carboxylic acids is 2. The van der Waals surface area contributed by atoms with Crippen LogP contribution in [-0.4, -0.2) is 61.4 Å². The monoisotopic (exact) mass is 594 g/mol. The van der Waals surface area contributed by atoms with Gasteiger partial charge in [0.15, 0.2) is 0 Å². The molecule has 0 aromatic carbocycles. The van der Waals surface area contributed by atoms with Crippen molar-refractivity contribution in [2.45, 2.75) is 155 Å². The van der Waals surface area contributed by atoms with Gasteiger partial charge in [-0.2, -0.15) is 0 Å². The van der Waals surface area contributed by atoms with Crippen molar-refractivity contribution in [2.24, 2.45) is 0 Å². The van der Waals surface area contributed by atoms with Crippen LogP contribution in [0.5, 0.6) is 0 Å². The summed E-state index contributed by atoms with van der Waals surface area (Å²) in [6.07, 6.45) is 32.5. The largest absolute Gasteiger partial charge is 0.461 e. The van der Waals surface area contributed by atoms with E-state index in [1.165, 1.54) is 77.0 Å². The average Bonchev–Trinajstić information content (AvgIpc) is 2.98. The van der Waals surface area contributed by atoms with Crippen molar-refractivity contribution in [3.05, 3.63) is 24.3 Å². The van der Waals surface area contributed by atoms with Crippen LogP contribution < -0.4 is 0 Å². The number of carbonyl (C=O) groups is 2.